The van der Waals surface area contributed by atoms with Gasteiger partial charge in [-0.2, -0.15) is 0 Å². The summed E-state index contributed by atoms with van der Waals surface area (Å²) in [4.78, 5) is 41.5. The molecule has 0 radical (unpaired) electrons. The van der Waals surface area contributed by atoms with E-state index in [1.54, 1.807) is 24.7 Å². The minimum atomic E-state index is -0.995. The van der Waals surface area contributed by atoms with E-state index in [2.05, 4.69) is 16.0 Å². The SMILES string of the molecule is Cc1c(C2(NC(=O)c3ccc4c(C5CCCCC5)c(-c5ccoc5)n(CC(=O)N5CCOCC5)c4c3)CCC2)oc2ccc(C(=O)O)cc12. The maximum absolute atomic E-state index is 14.2. The Morgan fingerprint density at radius 3 is 2.41 bits per heavy atom. The second-order valence-electron chi connectivity index (χ2n) is 13.9. The second kappa shape index (κ2) is 12.6. The third-order valence-electron chi connectivity index (χ3n) is 11.0. The van der Waals surface area contributed by atoms with Gasteiger partial charge in [0.05, 0.1) is 48.1 Å². The summed E-state index contributed by atoms with van der Waals surface area (Å²) in [6.07, 6.45) is 11.5. The molecule has 2 amide bonds. The molecule has 0 spiro atoms. The number of carboxylic acid groups (broad SMARTS) is 1. The number of furan rings is 2. The summed E-state index contributed by atoms with van der Waals surface area (Å²) < 4.78 is 19.5. The molecule has 3 fully saturated rings. The Hall–Kier alpha value is -4.83. The molecule has 49 heavy (non-hydrogen) atoms. The Morgan fingerprint density at radius 1 is 0.939 bits per heavy atom. The van der Waals surface area contributed by atoms with Gasteiger partial charge in [-0.3, -0.25) is 9.59 Å². The van der Waals surface area contributed by atoms with E-state index >= 15 is 0 Å². The number of carbonyl (C=O) groups is 3. The van der Waals surface area contributed by atoms with Gasteiger partial charge in [0, 0.05) is 40.6 Å². The lowest BCUT2D eigenvalue weighted by Crippen LogP contribution is -2.51. The fourth-order valence-corrected chi connectivity index (χ4v) is 8.28. The Morgan fingerprint density at radius 2 is 1.71 bits per heavy atom. The van der Waals surface area contributed by atoms with Crippen molar-refractivity contribution in [2.24, 2.45) is 0 Å². The molecule has 2 aliphatic carbocycles. The van der Waals surface area contributed by atoms with Crippen molar-refractivity contribution in [3.63, 3.8) is 0 Å². The number of ether oxygens (including phenoxy) is 1. The number of amides is 2. The van der Waals surface area contributed by atoms with Crippen LogP contribution in [0.5, 0.6) is 0 Å². The number of nitrogens with zero attached hydrogens (tertiary/aromatic N) is 2. The van der Waals surface area contributed by atoms with Crippen LogP contribution in [0, 0.1) is 6.92 Å². The molecule has 4 heterocycles. The summed E-state index contributed by atoms with van der Waals surface area (Å²) in [7, 11) is 0. The van der Waals surface area contributed by atoms with E-state index in [-0.39, 0.29) is 23.9 Å². The minimum absolute atomic E-state index is 0.0230. The zero-order valence-corrected chi connectivity index (χ0v) is 27.8. The molecule has 0 unspecified atom stereocenters. The molecule has 3 aromatic heterocycles. The van der Waals surface area contributed by atoms with E-state index in [9.17, 15) is 19.5 Å². The van der Waals surface area contributed by atoms with Crippen molar-refractivity contribution in [2.45, 2.75) is 76.3 Å². The normalized spacial score (nSPS) is 18.1. The van der Waals surface area contributed by atoms with E-state index < -0.39 is 11.5 Å². The van der Waals surface area contributed by atoms with Crippen molar-refractivity contribution in [3.8, 4) is 11.3 Å². The lowest BCUT2D eigenvalue weighted by atomic mass is 9.73. The molecule has 1 aliphatic heterocycles. The molecular formula is C39H41N3O7. The fourth-order valence-electron chi connectivity index (χ4n) is 8.28. The van der Waals surface area contributed by atoms with E-state index in [0.29, 0.717) is 62.0 Å². The number of aryl methyl sites for hydroxylation is 1. The van der Waals surface area contributed by atoms with Crippen LogP contribution in [0.3, 0.4) is 0 Å². The lowest BCUT2D eigenvalue weighted by molar-refractivity contribution is -0.135. The van der Waals surface area contributed by atoms with Gasteiger partial charge in [-0.05, 0) is 86.9 Å². The molecule has 10 nitrogen and oxygen atoms in total. The zero-order valence-electron chi connectivity index (χ0n) is 27.8. The topological polar surface area (TPSA) is 127 Å². The number of fused-ring (bicyclic) bond motifs is 2. The summed E-state index contributed by atoms with van der Waals surface area (Å²) in [5, 5.41) is 14.7. The standard InChI is InChI=1S/C39H41N3O7/c1-24-30-20-27(38(45)46)9-11-32(30)49-36(24)39(13-5-14-39)40-37(44)26-8-10-29-31(21-26)42(22-33(43)41-15-18-47-19-16-41)35(28-12-17-48-23-28)34(29)25-6-3-2-4-7-25/h8-12,17,20-21,23,25H,2-7,13-16,18-19,22H2,1H3,(H,40,44)(H,45,46). The molecule has 3 aliphatic rings. The number of aromatic carboxylic acids is 1. The average molecular weight is 664 g/mol. The predicted octanol–water partition coefficient (Wildman–Crippen LogP) is 7.37. The summed E-state index contributed by atoms with van der Waals surface area (Å²) in [5.74, 6) is -0.174. The molecule has 0 bridgehead atoms. The van der Waals surface area contributed by atoms with Crippen LogP contribution >= 0.6 is 0 Å². The Labute approximate surface area is 284 Å². The molecule has 10 heteroatoms. The first-order chi connectivity index (χ1) is 23.8. The van der Waals surface area contributed by atoms with Gasteiger partial charge >= 0.3 is 5.97 Å². The predicted molar refractivity (Wildman–Crippen MR) is 184 cm³/mol. The Balaban J connectivity index is 1.20. The van der Waals surface area contributed by atoms with Crippen molar-refractivity contribution in [1.82, 2.24) is 14.8 Å². The van der Waals surface area contributed by atoms with Crippen molar-refractivity contribution in [2.75, 3.05) is 26.3 Å². The van der Waals surface area contributed by atoms with Gasteiger partial charge in [-0.15, -0.1) is 0 Å². The van der Waals surface area contributed by atoms with Crippen molar-refractivity contribution >= 4 is 39.7 Å². The first-order valence-corrected chi connectivity index (χ1v) is 17.5. The Kier molecular flexibility index (Phi) is 8.06. The van der Waals surface area contributed by atoms with Gasteiger partial charge in [0.1, 0.15) is 17.9 Å². The van der Waals surface area contributed by atoms with Gasteiger partial charge in [-0.1, -0.05) is 25.3 Å². The van der Waals surface area contributed by atoms with Crippen LogP contribution < -0.4 is 5.32 Å². The summed E-state index contributed by atoms with van der Waals surface area (Å²) in [5.41, 5.74) is 5.45. The van der Waals surface area contributed by atoms with Crippen LogP contribution in [0.4, 0.5) is 0 Å². The van der Waals surface area contributed by atoms with Gasteiger partial charge in [0.25, 0.3) is 5.91 Å². The molecule has 2 saturated carbocycles. The van der Waals surface area contributed by atoms with Crippen LogP contribution in [-0.4, -0.2) is 58.7 Å². The van der Waals surface area contributed by atoms with Gasteiger partial charge in [0.2, 0.25) is 5.91 Å². The van der Waals surface area contributed by atoms with Crippen LogP contribution in [0.2, 0.25) is 0 Å². The maximum atomic E-state index is 14.2. The molecule has 5 aromatic rings. The average Bonchev–Trinajstić information content (AvgIpc) is 3.83. The number of rotatable bonds is 8. The lowest BCUT2D eigenvalue weighted by Gasteiger charge is -2.41. The minimum Gasteiger partial charge on any atom is -0.478 e. The Bertz CT molecular complexity index is 2050. The van der Waals surface area contributed by atoms with Crippen molar-refractivity contribution < 1.29 is 33.1 Å². The highest BCUT2D eigenvalue weighted by Crippen LogP contribution is 2.47. The highest BCUT2D eigenvalue weighted by Gasteiger charge is 2.45. The zero-order chi connectivity index (χ0) is 33.7. The highest BCUT2D eigenvalue weighted by atomic mass is 16.5. The third-order valence-corrected chi connectivity index (χ3v) is 11.0. The monoisotopic (exact) mass is 663 g/mol. The molecule has 1 saturated heterocycles. The number of nitrogens with one attached hydrogen (secondary N) is 1. The van der Waals surface area contributed by atoms with Gasteiger partial charge < -0.3 is 33.5 Å². The quantitative estimate of drug-likeness (QED) is 0.178. The number of hydrogen-bond donors (Lipinski definition) is 2. The second-order valence-corrected chi connectivity index (χ2v) is 13.9. The van der Waals surface area contributed by atoms with Gasteiger partial charge in [0.15, 0.2) is 0 Å². The van der Waals surface area contributed by atoms with Crippen LogP contribution in [0.25, 0.3) is 33.1 Å². The van der Waals surface area contributed by atoms with Crippen LogP contribution in [0.15, 0.2) is 63.8 Å². The van der Waals surface area contributed by atoms with Gasteiger partial charge in [-0.25, -0.2) is 4.79 Å². The first-order valence-electron chi connectivity index (χ1n) is 17.5. The van der Waals surface area contributed by atoms with Crippen LogP contribution in [-0.2, 0) is 21.6 Å². The van der Waals surface area contributed by atoms with E-state index in [4.69, 9.17) is 13.6 Å². The van der Waals surface area contributed by atoms with E-state index in [0.717, 1.165) is 65.2 Å². The smallest absolute Gasteiger partial charge is 0.335 e. The highest BCUT2D eigenvalue weighted by molar-refractivity contribution is 6.02. The number of morpholine rings is 1. The number of carboxylic acids is 1. The first kappa shape index (κ1) is 31.4. The van der Waals surface area contributed by atoms with Crippen LogP contribution in [0.1, 0.15) is 94.9 Å². The summed E-state index contributed by atoms with van der Waals surface area (Å²) in [6.45, 7) is 4.24. The fraction of sp³-hybridized carbons (Fsp3) is 0.410. The molecule has 2 aromatic carbocycles. The maximum Gasteiger partial charge on any atom is 0.335 e. The van der Waals surface area contributed by atoms with Crippen molar-refractivity contribution in [3.05, 3.63) is 83.0 Å². The largest absolute Gasteiger partial charge is 0.478 e. The van der Waals surface area contributed by atoms with E-state index in [1.807, 2.05) is 30.0 Å². The molecule has 2 N–H and O–H groups in total. The third kappa shape index (κ3) is 5.52. The number of benzene rings is 2. The van der Waals surface area contributed by atoms with E-state index in [1.165, 1.54) is 18.1 Å². The molecule has 0 atom stereocenters. The number of aromatic nitrogens is 1. The molecule has 8 rings (SSSR count). The molecular weight excluding hydrogens is 622 g/mol. The number of hydrogen-bond acceptors (Lipinski definition) is 6. The summed E-state index contributed by atoms with van der Waals surface area (Å²) >= 11 is 0. The number of carbonyl (C=O) groups excluding carboxylic acids is 2. The van der Waals surface area contributed by atoms with Crippen molar-refractivity contribution in [1.29, 1.82) is 0 Å². The summed E-state index contributed by atoms with van der Waals surface area (Å²) in [6, 6.07) is 12.7. The molecule has 254 valence electrons.